The molecule has 88 valence electrons. The van der Waals surface area contributed by atoms with Gasteiger partial charge in [0.05, 0.1) is 5.56 Å². The largest absolute Gasteiger partial charge is 0.478 e. The van der Waals surface area contributed by atoms with Crippen LogP contribution in [0.1, 0.15) is 35.8 Å². The molecule has 1 heterocycles. The van der Waals surface area contributed by atoms with Gasteiger partial charge in [0.2, 0.25) is 0 Å². The zero-order valence-electron chi connectivity index (χ0n) is 9.90. The Labute approximate surface area is 100 Å². The Bertz CT molecular complexity index is 526. The van der Waals surface area contributed by atoms with E-state index in [1.807, 2.05) is 44.2 Å². The van der Waals surface area contributed by atoms with Crippen LogP contribution < -0.4 is 0 Å². The average Bonchev–Trinajstić information content (AvgIpc) is 2.75. The molecular weight excluding hydrogens is 214 g/mol. The number of benzene rings is 1. The molecule has 0 unspecified atom stereocenters. The highest BCUT2D eigenvalue weighted by atomic mass is 16.4. The molecule has 0 amide bonds. The van der Waals surface area contributed by atoms with Crippen molar-refractivity contribution in [1.82, 2.24) is 4.98 Å². The zero-order valence-corrected chi connectivity index (χ0v) is 9.90. The van der Waals surface area contributed by atoms with Gasteiger partial charge < -0.3 is 10.1 Å². The Balaban J connectivity index is 2.51. The van der Waals surface area contributed by atoms with E-state index in [4.69, 9.17) is 5.11 Å². The first-order valence-corrected chi connectivity index (χ1v) is 5.61. The summed E-state index contributed by atoms with van der Waals surface area (Å²) in [6.45, 7) is 3.96. The second-order valence-electron chi connectivity index (χ2n) is 4.34. The van der Waals surface area contributed by atoms with E-state index in [1.54, 1.807) is 6.07 Å². The Morgan fingerprint density at radius 2 is 1.88 bits per heavy atom. The van der Waals surface area contributed by atoms with Crippen molar-refractivity contribution in [3.05, 3.63) is 47.7 Å². The minimum Gasteiger partial charge on any atom is -0.478 e. The lowest BCUT2D eigenvalue weighted by molar-refractivity contribution is 0.0695. The Morgan fingerprint density at radius 1 is 1.24 bits per heavy atom. The smallest absolute Gasteiger partial charge is 0.337 e. The molecule has 1 aromatic carbocycles. The number of aromatic nitrogens is 1. The molecular formula is C14H15NO2. The summed E-state index contributed by atoms with van der Waals surface area (Å²) in [4.78, 5) is 14.3. The van der Waals surface area contributed by atoms with E-state index in [-0.39, 0.29) is 5.92 Å². The summed E-state index contributed by atoms with van der Waals surface area (Å²) in [5, 5.41) is 9.15. The van der Waals surface area contributed by atoms with Crippen LogP contribution in [0, 0.1) is 0 Å². The molecule has 1 aromatic heterocycles. The van der Waals surface area contributed by atoms with Gasteiger partial charge in [-0.1, -0.05) is 44.2 Å². The summed E-state index contributed by atoms with van der Waals surface area (Å²) in [6, 6.07) is 11.4. The van der Waals surface area contributed by atoms with Gasteiger partial charge >= 0.3 is 5.97 Å². The van der Waals surface area contributed by atoms with E-state index in [0.29, 0.717) is 5.56 Å². The van der Waals surface area contributed by atoms with Crippen molar-refractivity contribution in [2.75, 3.05) is 0 Å². The SMILES string of the molecule is CC(C)c1[nH]c(-c2ccccc2)cc1C(=O)O. The molecule has 0 atom stereocenters. The lowest BCUT2D eigenvalue weighted by Crippen LogP contribution is -2.01. The maximum atomic E-state index is 11.2. The number of H-pyrrole nitrogens is 1. The summed E-state index contributed by atoms with van der Waals surface area (Å²) in [7, 11) is 0. The molecule has 0 bridgehead atoms. The number of carboxylic acids is 1. The lowest BCUT2D eigenvalue weighted by atomic mass is 10.1. The van der Waals surface area contributed by atoms with Crippen LogP contribution in [0.4, 0.5) is 0 Å². The van der Waals surface area contributed by atoms with Crippen molar-refractivity contribution in [2.45, 2.75) is 19.8 Å². The van der Waals surface area contributed by atoms with Gasteiger partial charge in [-0.05, 0) is 17.5 Å². The van der Waals surface area contributed by atoms with Crippen LogP contribution in [0.2, 0.25) is 0 Å². The fraction of sp³-hybridized carbons (Fsp3) is 0.214. The van der Waals surface area contributed by atoms with Gasteiger partial charge in [-0.3, -0.25) is 0 Å². The van der Waals surface area contributed by atoms with Crippen LogP contribution in [-0.4, -0.2) is 16.1 Å². The van der Waals surface area contributed by atoms with Crippen molar-refractivity contribution in [2.24, 2.45) is 0 Å². The summed E-state index contributed by atoms with van der Waals surface area (Å²) < 4.78 is 0. The first-order valence-electron chi connectivity index (χ1n) is 5.61. The number of carbonyl (C=O) groups is 1. The molecule has 17 heavy (non-hydrogen) atoms. The lowest BCUT2D eigenvalue weighted by Gasteiger charge is -2.03. The van der Waals surface area contributed by atoms with Crippen LogP contribution in [-0.2, 0) is 0 Å². The number of aromatic amines is 1. The average molecular weight is 229 g/mol. The quantitative estimate of drug-likeness (QED) is 0.846. The van der Waals surface area contributed by atoms with Gasteiger partial charge in [-0.2, -0.15) is 0 Å². The third-order valence-corrected chi connectivity index (χ3v) is 2.74. The van der Waals surface area contributed by atoms with Crippen LogP contribution in [0.3, 0.4) is 0 Å². The zero-order chi connectivity index (χ0) is 12.4. The summed E-state index contributed by atoms with van der Waals surface area (Å²) in [6.07, 6.45) is 0. The third kappa shape index (κ3) is 2.23. The standard InChI is InChI=1S/C14H15NO2/c1-9(2)13-11(14(16)17)8-12(15-13)10-6-4-3-5-7-10/h3-9,15H,1-2H3,(H,16,17). The van der Waals surface area contributed by atoms with E-state index >= 15 is 0 Å². The highest BCUT2D eigenvalue weighted by Gasteiger charge is 2.17. The van der Waals surface area contributed by atoms with Gasteiger partial charge in [0.15, 0.2) is 0 Å². The van der Waals surface area contributed by atoms with Crippen molar-refractivity contribution in [3.8, 4) is 11.3 Å². The maximum Gasteiger partial charge on any atom is 0.337 e. The molecule has 0 radical (unpaired) electrons. The Hall–Kier alpha value is -2.03. The van der Waals surface area contributed by atoms with E-state index in [1.165, 1.54) is 0 Å². The molecule has 2 aromatic rings. The Kier molecular flexibility index (Phi) is 3.00. The molecule has 0 spiro atoms. The Morgan fingerprint density at radius 3 is 2.35 bits per heavy atom. The molecule has 0 saturated heterocycles. The number of carboxylic acid groups (broad SMARTS) is 1. The number of hydrogen-bond donors (Lipinski definition) is 2. The molecule has 3 heteroatoms. The summed E-state index contributed by atoms with van der Waals surface area (Å²) in [5.74, 6) is -0.717. The molecule has 0 aliphatic carbocycles. The van der Waals surface area contributed by atoms with Crippen LogP contribution in [0.15, 0.2) is 36.4 Å². The fourth-order valence-corrected chi connectivity index (χ4v) is 1.88. The van der Waals surface area contributed by atoms with Crippen LogP contribution in [0.5, 0.6) is 0 Å². The summed E-state index contributed by atoms with van der Waals surface area (Å²) in [5.41, 5.74) is 2.99. The van der Waals surface area contributed by atoms with Gasteiger partial charge in [0.1, 0.15) is 0 Å². The van der Waals surface area contributed by atoms with E-state index < -0.39 is 5.97 Å². The van der Waals surface area contributed by atoms with Crippen LogP contribution >= 0.6 is 0 Å². The van der Waals surface area contributed by atoms with E-state index in [2.05, 4.69) is 4.98 Å². The van der Waals surface area contributed by atoms with E-state index in [0.717, 1.165) is 17.0 Å². The number of aromatic carboxylic acids is 1. The van der Waals surface area contributed by atoms with Gasteiger partial charge in [0, 0.05) is 11.4 Å². The van der Waals surface area contributed by atoms with Crippen molar-refractivity contribution < 1.29 is 9.90 Å². The van der Waals surface area contributed by atoms with Gasteiger partial charge in [0.25, 0.3) is 0 Å². The van der Waals surface area contributed by atoms with Gasteiger partial charge in [-0.25, -0.2) is 4.79 Å². The predicted molar refractivity (Wildman–Crippen MR) is 67.3 cm³/mol. The summed E-state index contributed by atoms with van der Waals surface area (Å²) >= 11 is 0. The van der Waals surface area contributed by atoms with Crippen LogP contribution in [0.25, 0.3) is 11.3 Å². The monoisotopic (exact) mass is 229 g/mol. The number of nitrogens with one attached hydrogen (secondary N) is 1. The number of rotatable bonds is 3. The molecule has 0 saturated carbocycles. The second-order valence-corrected chi connectivity index (χ2v) is 4.34. The van der Waals surface area contributed by atoms with Crippen molar-refractivity contribution in [1.29, 1.82) is 0 Å². The second kappa shape index (κ2) is 4.45. The number of hydrogen-bond acceptors (Lipinski definition) is 1. The molecule has 3 nitrogen and oxygen atoms in total. The highest BCUT2D eigenvalue weighted by molar-refractivity contribution is 5.91. The molecule has 0 fully saturated rings. The molecule has 2 rings (SSSR count). The topological polar surface area (TPSA) is 53.1 Å². The highest BCUT2D eigenvalue weighted by Crippen LogP contribution is 2.26. The molecule has 2 N–H and O–H groups in total. The first-order chi connectivity index (χ1) is 8.09. The minimum absolute atomic E-state index is 0.165. The normalized spacial score (nSPS) is 10.8. The fourth-order valence-electron chi connectivity index (χ4n) is 1.88. The van der Waals surface area contributed by atoms with Crippen molar-refractivity contribution in [3.63, 3.8) is 0 Å². The minimum atomic E-state index is -0.882. The predicted octanol–water partition coefficient (Wildman–Crippen LogP) is 3.50. The molecule has 0 aliphatic heterocycles. The van der Waals surface area contributed by atoms with Gasteiger partial charge in [-0.15, -0.1) is 0 Å². The van der Waals surface area contributed by atoms with E-state index in [9.17, 15) is 4.79 Å². The first kappa shape index (κ1) is 11.5. The van der Waals surface area contributed by atoms with Crippen molar-refractivity contribution >= 4 is 5.97 Å². The third-order valence-electron chi connectivity index (χ3n) is 2.74. The molecule has 0 aliphatic rings. The maximum absolute atomic E-state index is 11.2.